The van der Waals surface area contributed by atoms with Crippen molar-refractivity contribution < 1.29 is 13.9 Å². The number of rotatable bonds is 5. The van der Waals surface area contributed by atoms with Crippen LogP contribution >= 0.6 is 0 Å². The molecule has 1 aromatic carbocycles. The maximum Gasteiger partial charge on any atom is 0.257 e. The summed E-state index contributed by atoms with van der Waals surface area (Å²) < 4.78 is 18.8. The van der Waals surface area contributed by atoms with Gasteiger partial charge in [0.2, 0.25) is 5.95 Å². The summed E-state index contributed by atoms with van der Waals surface area (Å²) in [5.41, 5.74) is 0.531. The molecule has 2 unspecified atom stereocenters. The monoisotopic (exact) mass is 412 g/mol. The summed E-state index contributed by atoms with van der Waals surface area (Å²) in [6.07, 6.45) is 7.65. The lowest BCUT2D eigenvalue weighted by molar-refractivity contribution is 0.0632. The van der Waals surface area contributed by atoms with Crippen molar-refractivity contribution >= 4 is 11.9 Å². The molecule has 2 aromatic rings. The number of hydrogen-bond donors (Lipinski definition) is 0. The van der Waals surface area contributed by atoms with E-state index in [1.807, 2.05) is 4.90 Å². The van der Waals surface area contributed by atoms with Crippen LogP contribution in [-0.4, -0.2) is 53.6 Å². The molecule has 0 aliphatic carbocycles. The molecule has 6 nitrogen and oxygen atoms in total. The highest BCUT2D eigenvalue weighted by Crippen LogP contribution is 2.22. The fraction of sp³-hybridized carbons (Fsp3) is 0.522. The van der Waals surface area contributed by atoms with E-state index in [9.17, 15) is 9.18 Å². The van der Waals surface area contributed by atoms with E-state index >= 15 is 0 Å². The second kappa shape index (κ2) is 9.41. The van der Waals surface area contributed by atoms with E-state index in [4.69, 9.17) is 4.74 Å². The summed E-state index contributed by atoms with van der Waals surface area (Å²) in [4.78, 5) is 25.9. The van der Waals surface area contributed by atoms with Crippen LogP contribution in [0.25, 0.3) is 0 Å². The number of aromatic nitrogens is 2. The number of benzene rings is 1. The summed E-state index contributed by atoms with van der Waals surface area (Å²) in [7, 11) is 0. The number of likely N-dealkylation sites (tertiary alicyclic amines) is 1. The van der Waals surface area contributed by atoms with Crippen molar-refractivity contribution in [2.75, 3.05) is 37.7 Å². The van der Waals surface area contributed by atoms with Gasteiger partial charge < -0.3 is 14.5 Å². The van der Waals surface area contributed by atoms with Gasteiger partial charge in [0.1, 0.15) is 11.6 Å². The van der Waals surface area contributed by atoms with Crippen molar-refractivity contribution in [2.24, 2.45) is 11.8 Å². The van der Waals surface area contributed by atoms with Gasteiger partial charge in [-0.15, -0.1) is 0 Å². The summed E-state index contributed by atoms with van der Waals surface area (Å²) in [6.45, 7) is 6.08. The molecule has 2 aliphatic heterocycles. The molecule has 0 radical (unpaired) electrons. The van der Waals surface area contributed by atoms with E-state index in [2.05, 4.69) is 21.8 Å². The van der Waals surface area contributed by atoms with Gasteiger partial charge in [0.05, 0.1) is 12.2 Å². The molecule has 2 fully saturated rings. The van der Waals surface area contributed by atoms with Gasteiger partial charge in [-0.1, -0.05) is 6.92 Å². The van der Waals surface area contributed by atoms with Crippen LogP contribution in [-0.2, 0) is 0 Å². The van der Waals surface area contributed by atoms with Crippen molar-refractivity contribution in [3.63, 3.8) is 0 Å². The predicted octanol–water partition coefficient (Wildman–Crippen LogP) is 3.78. The van der Waals surface area contributed by atoms with Crippen LogP contribution in [0.15, 0.2) is 36.7 Å². The quantitative estimate of drug-likeness (QED) is 0.748. The zero-order valence-electron chi connectivity index (χ0n) is 17.5. The zero-order valence-corrected chi connectivity index (χ0v) is 17.5. The predicted molar refractivity (Wildman–Crippen MR) is 113 cm³/mol. The molecule has 2 aliphatic rings. The van der Waals surface area contributed by atoms with Gasteiger partial charge in [-0.3, -0.25) is 4.79 Å². The Balaban J connectivity index is 1.32. The third kappa shape index (κ3) is 5.07. The topological polar surface area (TPSA) is 58.6 Å². The van der Waals surface area contributed by atoms with Crippen molar-refractivity contribution in [2.45, 2.75) is 32.6 Å². The minimum Gasteiger partial charge on any atom is -0.493 e. The number of amides is 1. The molecule has 1 amide bonds. The molecular weight excluding hydrogens is 383 g/mol. The number of carbonyl (C=O) groups is 1. The Hall–Kier alpha value is -2.70. The lowest BCUT2D eigenvalue weighted by atomic mass is 9.98. The maximum atomic E-state index is 13.0. The maximum absolute atomic E-state index is 13.0. The molecule has 30 heavy (non-hydrogen) atoms. The fourth-order valence-corrected chi connectivity index (χ4v) is 4.28. The average molecular weight is 413 g/mol. The molecule has 0 bridgehead atoms. The first-order chi connectivity index (χ1) is 14.6. The van der Waals surface area contributed by atoms with Gasteiger partial charge in [-0.2, -0.15) is 0 Å². The smallest absolute Gasteiger partial charge is 0.257 e. The van der Waals surface area contributed by atoms with Crippen molar-refractivity contribution in [3.8, 4) is 5.75 Å². The third-order valence-electron chi connectivity index (χ3n) is 5.93. The molecule has 3 heterocycles. The fourth-order valence-electron chi connectivity index (χ4n) is 4.28. The van der Waals surface area contributed by atoms with E-state index in [1.54, 1.807) is 24.5 Å². The molecule has 0 saturated carbocycles. The van der Waals surface area contributed by atoms with E-state index in [-0.39, 0.29) is 17.6 Å². The Morgan fingerprint density at radius 3 is 2.57 bits per heavy atom. The molecule has 7 heteroatoms. The van der Waals surface area contributed by atoms with Gasteiger partial charge in [-0.25, -0.2) is 14.4 Å². The van der Waals surface area contributed by atoms with Gasteiger partial charge in [-0.05, 0) is 55.9 Å². The first kappa shape index (κ1) is 20.6. The van der Waals surface area contributed by atoms with Gasteiger partial charge in [0.15, 0.2) is 0 Å². The van der Waals surface area contributed by atoms with Crippen molar-refractivity contribution in [1.29, 1.82) is 0 Å². The largest absolute Gasteiger partial charge is 0.493 e. The highest BCUT2D eigenvalue weighted by atomic mass is 19.1. The van der Waals surface area contributed by atoms with Crippen LogP contribution in [0.2, 0.25) is 0 Å². The Labute approximate surface area is 177 Å². The SMILES string of the molecule is CC1CCCN(c2ncc(C(=O)N3CCCC(COc4ccc(F)cc4)C3)cn2)C1. The molecule has 0 spiro atoms. The molecule has 1 aromatic heterocycles. The number of hydrogen-bond acceptors (Lipinski definition) is 5. The first-order valence-corrected chi connectivity index (χ1v) is 10.8. The molecular formula is C23H29FN4O2. The lowest BCUT2D eigenvalue weighted by Crippen LogP contribution is -2.41. The Bertz CT molecular complexity index is 843. The second-order valence-corrected chi connectivity index (χ2v) is 8.49. The second-order valence-electron chi connectivity index (χ2n) is 8.49. The third-order valence-corrected chi connectivity index (χ3v) is 5.93. The number of ether oxygens (including phenoxy) is 1. The van der Waals surface area contributed by atoms with Crippen molar-refractivity contribution in [1.82, 2.24) is 14.9 Å². The molecule has 0 N–H and O–H groups in total. The first-order valence-electron chi connectivity index (χ1n) is 10.8. The van der Waals surface area contributed by atoms with Gasteiger partial charge >= 0.3 is 0 Å². The van der Waals surface area contributed by atoms with E-state index in [0.29, 0.717) is 36.3 Å². The summed E-state index contributed by atoms with van der Waals surface area (Å²) in [5, 5.41) is 0. The summed E-state index contributed by atoms with van der Waals surface area (Å²) in [6, 6.07) is 6.03. The number of anilines is 1. The summed E-state index contributed by atoms with van der Waals surface area (Å²) >= 11 is 0. The number of piperidine rings is 2. The van der Waals surface area contributed by atoms with Gasteiger partial charge in [0, 0.05) is 44.5 Å². The Kier molecular flexibility index (Phi) is 6.45. The van der Waals surface area contributed by atoms with Crippen LogP contribution in [0.3, 0.4) is 0 Å². The zero-order chi connectivity index (χ0) is 20.9. The number of nitrogens with zero attached hydrogens (tertiary/aromatic N) is 4. The van der Waals surface area contributed by atoms with E-state index < -0.39 is 0 Å². The number of carbonyl (C=O) groups excluding carboxylic acids is 1. The average Bonchev–Trinajstić information content (AvgIpc) is 2.78. The van der Waals surface area contributed by atoms with Crippen LogP contribution < -0.4 is 9.64 Å². The lowest BCUT2D eigenvalue weighted by Gasteiger charge is -2.33. The molecule has 4 rings (SSSR count). The van der Waals surface area contributed by atoms with Crippen LogP contribution in [0.4, 0.5) is 10.3 Å². The Morgan fingerprint density at radius 2 is 1.83 bits per heavy atom. The minimum absolute atomic E-state index is 0.0277. The standard InChI is InChI=1S/C23H29FN4O2/c1-17-4-2-11-28(14-17)23-25-12-19(13-26-23)22(29)27-10-3-5-18(15-27)16-30-21-8-6-20(24)7-9-21/h6-9,12-13,17-18H,2-5,10-11,14-16H2,1H3. The summed E-state index contributed by atoms with van der Waals surface area (Å²) in [5.74, 6) is 1.95. The van der Waals surface area contributed by atoms with E-state index in [1.165, 1.54) is 18.6 Å². The number of halogens is 1. The van der Waals surface area contributed by atoms with Crippen molar-refractivity contribution in [3.05, 3.63) is 48.0 Å². The Morgan fingerprint density at radius 1 is 1.10 bits per heavy atom. The molecule has 2 saturated heterocycles. The van der Waals surface area contributed by atoms with Crippen LogP contribution in [0.5, 0.6) is 5.75 Å². The van der Waals surface area contributed by atoms with Gasteiger partial charge in [0.25, 0.3) is 5.91 Å². The normalized spacial score (nSPS) is 22.1. The van der Waals surface area contributed by atoms with Crippen LogP contribution in [0.1, 0.15) is 43.0 Å². The highest BCUT2D eigenvalue weighted by Gasteiger charge is 2.26. The highest BCUT2D eigenvalue weighted by molar-refractivity contribution is 5.93. The van der Waals surface area contributed by atoms with E-state index in [0.717, 1.165) is 38.9 Å². The molecule has 160 valence electrons. The minimum atomic E-state index is -0.278. The van der Waals surface area contributed by atoms with Crippen LogP contribution in [0, 0.1) is 17.7 Å². The molecule has 2 atom stereocenters.